The summed E-state index contributed by atoms with van der Waals surface area (Å²) in [6.07, 6.45) is 17.1. The van der Waals surface area contributed by atoms with Gasteiger partial charge in [0, 0.05) is 0 Å². The Kier molecular flexibility index (Phi) is 6.81. The van der Waals surface area contributed by atoms with E-state index in [1.54, 1.807) is 11.5 Å². The predicted molar refractivity (Wildman–Crippen MR) is 105 cm³/mol. The van der Waals surface area contributed by atoms with Crippen molar-refractivity contribution in [2.24, 2.45) is 5.92 Å². The molecule has 2 aliphatic carbocycles. The molecule has 0 N–H and O–H groups in total. The Hall–Kier alpha value is -0.780. The van der Waals surface area contributed by atoms with Gasteiger partial charge in [-0.05, 0) is 93.9 Å². The van der Waals surface area contributed by atoms with E-state index in [2.05, 4.69) is 38.1 Å². The van der Waals surface area contributed by atoms with Gasteiger partial charge in [0.2, 0.25) is 0 Å². The maximum absolute atomic E-state index is 2.36. The van der Waals surface area contributed by atoms with Crippen LogP contribution in [0.1, 0.15) is 101 Å². The third kappa shape index (κ3) is 5.36. The van der Waals surface area contributed by atoms with Gasteiger partial charge in [-0.3, -0.25) is 0 Å². The van der Waals surface area contributed by atoms with Crippen LogP contribution in [0.5, 0.6) is 0 Å². The maximum Gasteiger partial charge on any atom is -0.0162 e. The summed E-state index contributed by atoms with van der Waals surface area (Å²) < 4.78 is 0. The summed E-state index contributed by atoms with van der Waals surface area (Å²) in [4.78, 5) is 0. The minimum absolute atomic E-state index is 0.816. The standard InChI is InChI=1S/C24H36/c1-19-7-11-21(12-8-19)5-3-4-6-22-13-17-24(18-14-22)23-15-9-20(2)10-16-23/h9-10,15-16,21,24H,3-8,11-14,17-18H2,1-2H3. The quantitative estimate of drug-likeness (QED) is 0.473. The molecule has 0 unspecified atom stereocenters. The molecular weight excluding hydrogens is 288 g/mol. The molecule has 0 spiro atoms. The predicted octanol–water partition coefficient (Wildman–Crippen LogP) is 7.57. The van der Waals surface area contributed by atoms with Gasteiger partial charge in [-0.25, -0.2) is 0 Å². The van der Waals surface area contributed by atoms with E-state index >= 15 is 0 Å². The normalized spacial score (nSPS) is 22.1. The zero-order valence-electron chi connectivity index (χ0n) is 15.9. The molecule has 0 aliphatic heterocycles. The Bertz CT molecular complexity index is 455. The zero-order valence-corrected chi connectivity index (χ0v) is 15.9. The Morgan fingerprint density at radius 3 is 2.12 bits per heavy atom. The van der Waals surface area contributed by atoms with Gasteiger partial charge in [-0.1, -0.05) is 56.0 Å². The summed E-state index contributed by atoms with van der Waals surface area (Å²) in [6, 6.07) is 9.26. The minimum Gasteiger partial charge on any atom is -0.0591 e. The van der Waals surface area contributed by atoms with Crippen molar-refractivity contribution in [1.82, 2.24) is 0 Å². The second kappa shape index (κ2) is 9.07. The Balaban J connectivity index is 1.29. The van der Waals surface area contributed by atoms with Crippen molar-refractivity contribution >= 4 is 0 Å². The molecule has 0 heteroatoms. The first kappa shape index (κ1) is 18.0. The molecule has 0 saturated heterocycles. The average molecular weight is 325 g/mol. The van der Waals surface area contributed by atoms with Crippen molar-refractivity contribution in [3.8, 4) is 0 Å². The molecule has 0 nitrogen and oxygen atoms in total. The zero-order chi connectivity index (χ0) is 16.8. The molecular formula is C24H36. The fraction of sp³-hybridized carbons (Fsp3) is 0.667. The first-order chi connectivity index (χ1) is 11.7. The van der Waals surface area contributed by atoms with E-state index in [1.807, 2.05) is 5.92 Å². The summed E-state index contributed by atoms with van der Waals surface area (Å²) in [5.41, 5.74) is 2.96. The Morgan fingerprint density at radius 1 is 0.792 bits per heavy atom. The van der Waals surface area contributed by atoms with Crippen LogP contribution in [-0.2, 0) is 0 Å². The highest BCUT2D eigenvalue weighted by atomic mass is 14.3. The first-order valence-corrected chi connectivity index (χ1v) is 10.4. The smallest absolute Gasteiger partial charge is 0.0162 e. The number of benzene rings is 1. The van der Waals surface area contributed by atoms with Crippen molar-refractivity contribution in [3.63, 3.8) is 0 Å². The van der Waals surface area contributed by atoms with Gasteiger partial charge in [0.25, 0.3) is 0 Å². The van der Waals surface area contributed by atoms with E-state index in [-0.39, 0.29) is 0 Å². The maximum atomic E-state index is 2.36. The Labute approximate surface area is 150 Å². The van der Waals surface area contributed by atoms with Crippen molar-refractivity contribution in [2.75, 3.05) is 0 Å². The lowest BCUT2D eigenvalue weighted by Crippen LogP contribution is -2.13. The monoisotopic (exact) mass is 324 g/mol. The van der Waals surface area contributed by atoms with Gasteiger partial charge in [-0.2, -0.15) is 0 Å². The van der Waals surface area contributed by atoms with Gasteiger partial charge in [0.05, 0.1) is 0 Å². The van der Waals surface area contributed by atoms with Crippen LogP contribution < -0.4 is 0 Å². The number of rotatable bonds is 6. The third-order valence-corrected chi connectivity index (χ3v) is 6.59. The highest BCUT2D eigenvalue weighted by Gasteiger charge is 2.23. The second-order valence-electron chi connectivity index (χ2n) is 8.58. The fourth-order valence-corrected chi connectivity index (χ4v) is 4.72. The van der Waals surface area contributed by atoms with E-state index < -0.39 is 0 Å². The van der Waals surface area contributed by atoms with Crippen LogP contribution in [0.2, 0.25) is 0 Å². The molecule has 2 aliphatic rings. The van der Waals surface area contributed by atoms with Crippen LogP contribution in [0.15, 0.2) is 24.3 Å². The summed E-state index contributed by atoms with van der Waals surface area (Å²) in [5.74, 6) is 5.46. The number of hydrogen-bond donors (Lipinski definition) is 0. The summed E-state index contributed by atoms with van der Waals surface area (Å²) in [5, 5.41) is 0. The van der Waals surface area contributed by atoms with E-state index in [4.69, 9.17) is 0 Å². The molecule has 2 saturated carbocycles. The van der Waals surface area contributed by atoms with Crippen LogP contribution in [-0.4, -0.2) is 0 Å². The lowest BCUT2D eigenvalue weighted by atomic mass is 9.76. The fourth-order valence-electron chi connectivity index (χ4n) is 4.72. The molecule has 0 aromatic heterocycles. The molecule has 2 fully saturated rings. The number of unbranched alkanes of at least 4 members (excludes halogenated alkanes) is 1. The SMILES string of the molecule is C[C]1CCC(CCCC[C]2CCC(c3ccc(C)cc3)CC2)CC1. The van der Waals surface area contributed by atoms with Gasteiger partial charge in [0.15, 0.2) is 0 Å². The van der Waals surface area contributed by atoms with Crippen LogP contribution in [0.4, 0.5) is 0 Å². The molecule has 132 valence electrons. The number of hydrogen-bond acceptors (Lipinski definition) is 0. The number of aryl methyl sites for hydroxylation is 1. The van der Waals surface area contributed by atoms with Crippen molar-refractivity contribution in [3.05, 3.63) is 47.2 Å². The third-order valence-electron chi connectivity index (χ3n) is 6.59. The summed E-state index contributed by atoms with van der Waals surface area (Å²) >= 11 is 0. The molecule has 1 aromatic carbocycles. The largest absolute Gasteiger partial charge is 0.0591 e. The molecule has 0 amide bonds. The van der Waals surface area contributed by atoms with E-state index in [9.17, 15) is 0 Å². The van der Waals surface area contributed by atoms with E-state index in [1.165, 1.54) is 82.6 Å². The van der Waals surface area contributed by atoms with Gasteiger partial charge in [-0.15, -0.1) is 0 Å². The van der Waals surface area contributed by atoms with Crippen LogP contribution in [0.3, 0.4) is 0 Å². The van der Waals surface area contributed by atoms with Gasteiger partial charge >= 0.3 is 0 Å². The molecule has 1 aromatic rings. The molecule has 0 bridgehead atoms. The average Bonchev–Trinajstić information content (AvgIpc) is 2.62. The lowest BCUT2D eigenvalue weighted by Gasteiger charge is -2.29. The Morgan fingerprint density at radius 2 is 1.46 bits per heavy atom. The summed E-state index contributed by atoms with van der Waals surface area (Å²) in [6.45, 7) is 4.53. The topological polar surface area (TPSA) is 0 Å². The van der Waals surface area contributed by atoms with Crippen LogP contribution in [0.25, 0.3) is 0 Å². The molecule has 0 heterocycles. The lowest BCUT2D eigenvalue weighted by molar-refractivity contribution is 0.344. The molecule has 2 radical (unpaired) electrons. The molecule has 3 rings (SSSR count). The van der Waals surface area contributed by atoms with Gasteiger partial charge in [0.1, 0.15) is 0 Å². The van der Waals surface area contributed by atoms with E-state index in [0.29, 0.717) is 0 Å². The van der Waals surface area contributed by atoms with Crippen molar-refractivity contribution in [1.29, 1.82) is 0 Å². The van der Waals surface area contributed by atoms with Crippen molar-refractivity contribution in [2.45, 2.75) is 96.8 Å². The minimum atomic E-state index is 0.816. The summed E-state index contributed by atoms with van der Waals surface area (Å²) in [7, 11) is 0. The molecule has 24 heavy (non-hydrogen) atoms. The van der Waals surface area contributed by atoms with Crippen LogP contribution in [0, 0.1) is 24.7 Å². The molecule has 0 atom stereocenters. The second-order valence-corrected chi connectivity index (χ2v) is 8.58. The van der Waals surface area contributed by atoms with Crippen LogP contribution >= 0.6 is 0 Å². The van der Waals surface area contributed by atoms with Gasteiger partial charge < -0.3 is 0 Å². The highest BCUT2D eigenvalue weighted by Crippen LogP contribution is 2.39. The highest BCUT2D eigenvalue weighted by molar-refractivity contribution is 5.25. The first-order valence-electron chi connectivity index (χ1n) is 10.4. The van der Waals surface area contributed by atoms with Crippen molar-refractivity contribution < 1.29 is 0 Å². The van der Waals surface area contributed by atoms with E-state index in [0.717, 1.165) is 11.8 Å².